The molecule has 0 aromatic carbocycles. The lowest BCUT2D eigenvalue weighted by Crippen LogP contribution is -2.40. The number of H-pyrrole nitrogens is 1. The molecule has 1 N–H and O–H groups in total. The normalized spacial score (nSPS) is 38.6. The second-order valence-corrected chi connectivity index (χ2v) is 8.10. The average Bonchev–Trinajstić information content (AvgIpc) is 3.01. The largest absolute Gasteiger partial charge is 0.342 e. The molecule has 1 aliphatic heterocycles. The highest BCUT2D eigenvalue weighted by molar-refractivity contribution is 5.83. The van der Waals surface area contributed by atoms with Gasteiger partial charge in [0, 0.05) is 31.3 Å². The quantitative estimate of drug-likeness (QED) is 0.911. The highest BCUT2D eigenvalue weighted by Crippen LogP contribution is 2.69. The summed E-state index contributed by atoms with van der Waals surface area (Å²) in [4.78, 5) is 29.1. The molecule has 2 heterocycles. The molecular formula is C19H24N2O2. The predicted octanol–water partition coefficient (Wildman–Crippen LogP) is 2.37. The molecule has 0 spiro atoms. The third kappa shape index (κ3) is 2.10. The molecule has 4 heteroatoms. The molecule has 1 unspecified atom stereocenters. The molecule has 1 aromatic rings. The lowest BCUT2D eigenvalue weighted by atomic mass is 9.89. The van der Waals surface area contributed by atoms with Crippen LogP contribution in [-0.4, -0.2) is 28.9 Å². The predicted molar refractivity (Wildman–Crippen MR) is 86.9 cm³/mol. The summed E-state index contributed by atoms with van der Waals surface area (Å²) in [6.45, 7) is 1.73. The number of hydrogen-bond donors (Lipinski definition) is 1. The Labute approximate surface area is 136 Å². The third-order valence-corrected chi connectivity index (χ3v) is 7.10. The number of fused-ring (bicyclic) bond motifs is 5. The summed E-state index contributed by atoms with van der Waals surface area (Å²) in [5.74, 6) is 4.47. The molecule has 3 saturated carbocycles. The number of pyridine rings is 1. The fraction of sp³-hybridized carbons (Fsp3) is 0.684. The number of piperidine rings is 1. The zero-order valence-electron chi connectivity index (χ0n) is 13.4. The van der Waals surface area contributed by atoms with Gasteiger partial charge >= 0.3 is 0 Å². The van der Waals surface area contributed by atoms with Gasteiger partial charge in [0.05, 0.1) is 0 Å². The number of nitrogens with one attached hydrogen (secondary N) is 1. The molecule has 4 nitrogen and oxygen atoms in total. The SMILES string of the molecule is O=C(C1[C@@H]2[C@H]3CC[C@H](C3)[C@H]12)N1CCC(c2cc[nH]c(=O)c2)CC1. The van der Waals surface area contributed by atoms with E-state index in [0.29, 0.717) is 17.7 Å². The molecule has 3 aliphatic carbocycles. The van der Waals surface area contributed by atoms with Gasteiger partial charge in [-0.05, 0) is 73.3 Å². The summed E-state index contributed by atoms with van der Waals surface area (Å²) >= 11 is 0. The molecule has 1 amide bonds. The van der Waals surface area contributed by atoms with E-state index in [-0.39, 0.29) is 5.56 Å². The molecular weight excluding hydrogens is 288 g/mol. The van der Waals surface area contributed by atoms with Gasteiger partial charge in [0.2, 0.25) is 11.5 Å². The van der Waals surface area contributed by atoms with Crippen LogP contribution in [0.3, 0.4) is 0 Å². The van der Waals surface area contributed by atoms with Crippen LogP contribution in [0.4, 0.5) is 0 Å². The Balaban J connectivity index is 1.22. The number of likely N-dealkylation sites (tertiary alicyclic amines) is 1. The summed E-state index contributed by atoms with van der Waals surface area (Å²) in [7, 11) is 0. The minimum atomic E-state index is -0.0257. The molecule has 1 saturated heterocycles. The number of hydrogen-bond acceptors (Lipinski definition) is 2. The van der Waals surface area contributed by atoms with Gasteiger partial charge in [-0.3, -0.25) is 9.59 Å². The number of aromatic amines is 1. The Morgan fingerprint density at radius 1 is 1.09 bits per heavy atom. The first-order valence-electron chi connectivity index (χ1n) is 9.20. The van der Waals surface area contributed by atoms with E-state index < -0.39 is 0 Å². The van der Waals surface area contributed by atoms with Crippen LogP contribution in [0.2, 0.25) is 0 Å². The molecule has 0 radical (unpaired) electrons. The Hall–Kier alpha value is -1.58. The molecule has 2 bridgehead atoms. The summed E-state index contributed by atoms with van der Waals surface area (Å²) in [5, 5.41) is 0. The van der Waals surface area contributed by atoms with Crippen molar-refractivity contribution in [1.29, 1.82) is 0 Å². The van der Waals surface area contributed by atoms with Crippen LogP contribution < -0.4 is 5.56 Å². The Morgan fingerprint density at radius 2 is 1.78 bits per heavy atom. The van der Waals surface area contributed by atoms with Crippen LogP contribution in [0, 0.1) is 29.6 Å². The number of carbonyl (C=O) groups excluding carboxylic acids is 1. The maximum atomic E-state index is 12.9. The average molecular weight is 312 g/mol. The van der Waals surface area contributed by atoms with Crippen LogP contribution in [0.25, 0.3) is 0 Å². The van der Waals surface area contributed by atoms with Gasteiger partial charge in [-0.25, -0.2) is 0 Å². The van der Waals surface area contributed by atoms with E-state index >= 15 is 0 Å². The summed E-state index contributed by atoms with van der Waals surface area (Å²) in [6.07, 6.45) is 7.87. The van der Waals surface area contributed by atoms with Gasteiger partial charge in [-0.1, -0.05) is 0 Å². The van der Waals surface area contributed by atoms with Gasteiger partial charge in [0.1, 0.15) is 0 Å². The molecule has 122 valence electrons. The maximum Gasteiger partial charge on any atom is 0.248 e. The van der Waals surface area contributed by atoms with E-state index in [0.717, 1.165) is 55.2 Å². The van der Waals surface area contributed by atoms with Gasteiger partial charge in [-0.2, -0.15) is 0 Å². The zero-order valence-corrected chi connectivity index (χ0v) is 13.4. The van der Waals surface area contributed by atoms with Crippen LogP contribution in [0.15, 0.2) is 23.1 Å². The highest BCUT2D eigenvalue weighted by atomic mass is 16.2. The summed E-state index contributed by atoms with van der Waals surface area (Å²) < 4.78 is 0. The lowest BCUT2D eigenvalue weighted by molar-refractivity contribution is -0.134. The zero-order chi connectivity index (χ0) is 15.6. The van der Waals surface area contributed by atoms with E-state index in [1.807, 2.05) is 6.07 Å². The first-order valence-corrected chi connectivity index (χ1v) is 9.20. The van der Waals surface area contributed by atoms with E-state index in [9.17, 15) is 9.59 Å². The van der Waals surface area contributed by atoms with Crippen molar-refractivity contribution in [3.05, 3.63) is 34.2 Å². The molecule has 5 rings (SSSR count). The van der Waals surface area contributed by atoms with E-state index in [1.54, 1.807) is 12.3 Å². The first-order chi connectivity index (χ1) is 11.2. The van der Waals surface area contributed by atoms with Crippen LogP contribution in [0.5, 0.6) is 0 Å². The maximum absolute atomic E-state index is 12.9. The van der Waals surface area contributed by atoms with Crippen molar-refractivity contribution >= 4 is 5.91 Å². The minimum absolute atomic E-state index is 0.0257. The van der Waals surface area contributed by atoms with Crippen molar-refractivity contribution < 1.29 is 4.79 Å². The van der Waals surface area contributed by atoms with Crippen molar-refractivity contribution in [2.45, 2.75) is 38.0 Å². The summed E-state index contributed by atoms with van der Waals surface area (Å²) in [5.41, 5.74) is 1.10. The number of carbonyl (C=O) groups is 1. The Bertz CT molecular complexity index is 673. The molecule has 4 aliphatic rings. The van der Waals surface area contributed by atoms with Crippen molar-refractivity contribution in [2.24, 2.45) is 29.6 Å². The molecule has 23 heavy (non-hydrogen) atoms. The number of rotatable bonds is 2. The van der Waals surface area contributed by atoms with Crippen LogP contribution in [-0.2, 0) is 4.79 Å². The third-order valence-electron chi connectivity index (χ3n) is 7.10. The fourth-order valence-corrected chi connectivity index (χ4v) is 6.01. The number of aromatic nitrogens is 1. The second kappa shape index (κ2) is 4.96. The second-order valence-electron chi connectivity index (χ2n) is 8.10. The smallest absolute Gasteiger partial charge is 0.248 e. The van der Waals surface area contributed by atoms with Crippen molar-refractivity contribution in [3.63, 3.8) is 0 Å². The highest BCUT2D eigenvalue weighted by Gasteiger charge is 2.67. The Morgan fingerprint density at radius 3 is 2.43 bits per heavy atom. The lowest BCUT2D eigenvalue weighted by Gasteiger charge is -2.33. The number of amides is 1. The standard InChI is InChI=1S/C19H24N2O2/c22-15-10-12(3-6-20-15)11-4-7-21(8-5-11)19(23)18-16-13-1-2-14(9-13)17(16)18/h3,6,10-11,13-14,16-18H,1-2,4-5,7-9H2,(H,20,22)/t13-,14+,16+,17-,18?. The monoisotopic (exact) mass is 312 g/mol. The van der Waals surface area contributed by atoms with Gasteiger partial charge < -0.3 is 9.88 Å². The first kappa shape index (κ1) is 13.8. The summed E-state index contributed by atoms with van der Waals surface area (Å²) in [6, 6.07) is 3.72. The molecule has 5 atom stereocenters. The Kier molecular flexibility index (Phi) is 2.98. The van der Waals surface area contributed by atoms with Gasteiger partial charge in [0.25, 0.3) is 0 Å². The van der Waals surface area contributed by atoms with Gasteiger partial charge in [-0.15, -0.1) is 0 Å². The number of nitrogens with zero attached hydrogens (tertiary/aromatic N) is 1. The molecule has 1 aromatic heterocycles. The van der Waals surface area contributed by atoms with E-state index in [2.05, 4.69) is 9.88 Å². The van der Waals surface area contributed by atoms with Crippen LogP contribution >= 0.6 is 0 Å². The van der Waals surface area contributed by atoms with Crippen molar-refractivity contribution in [1.82, 2.24) is 9.88 Å². The van der Waals surface area contributed by atoms with E-state index in [1.165, 1.54) is 19.3 Å². The molecule has 4 fully saturated rings. The topological polar surface area (TPSA) is 53.2 Å². The van der Waals surface area contributed by atoms with Crippen molar-refractivity contribution in [3.8, 4) is 0 Å². The minimum Gasteiger partial charge on any atom is -0.342 e. The van der Waals surface area contributed by atoms with Crippen molar-refractivity contribution in [2.75, 3.05) is 13.1 Å². The fourth-order valence-electron chi connectivity index (χ4n) is 6.01. The van der Waals surface area contributed by atoms with E-state index in [4.69, 9.17) is 0 Å². The van der Waals surface area contributed by atoms with Gasteiger partial charge in [0.15, 0.2) is 0 Å². The van der Waals surface area contributed by atoms with Crippen LogP contribution in [0.1, 0.15) is 43.6 Å².